The lowest BCUT2D eigenvalue weighted by atomic mass is 9.98. The van der Waals surface area contributed by atoms with Crippen LogP contribution in [0.25, 0.3) is 10.9 Å². The van der Waals surface area contributed by atoms with Crippen LogP contribution in [0, 0.1) is 5.92 Å². The second kappa shape index (κ2) is 4.96. The van der Waals surface area contributed by atoms with Crippen LogP contribution in [-0.4, -0.2) is 45.2 Å². The van der Waals surface area contributed by atoms with Gasteiger partial charge in [0.25, 0.3) is 5.91 Å². The van der Waals surface area contributed by atoms with E-state index in [1.807, 2.05) is 24.3 Å². The Morgan fingerprint density at radius 1 is 1.35 bits per heavy atom. The number of para-hydroxylation sites is 1. The Bertz CT molecular complexity index is 664. The number of carbonyl (C=O) groups is 2. The molecule has 20 heavy (non-hydrogen) atoms. The number of benzene rings is 1. The van der Waals surface area contributed by atoms with Gasteiger partial charge in [0.15, 0.2) is 5.69 Å². The summed E-state index contributed by atoms with van der Waals surface area (Å²) in [4.78, 5) is 25.1. The van der Waals surface area contributed by atoms with Crippen molar-refractivity contribution in [2.75, 3.05) is 13.1 Å². The van der Waals surface area contributed by atoms with Crippen molar-refractivity contribution in [1.82, 2.24) is 15.1 Å². The molecule has 1 amide bonds. The average Bonchev–Trinajstić information content (AvgIpc) is 2.90. The van der Waals surface area contributed by atoms with E-state index in [0.29, 0.717) is 25.1 Å². The van der Waals surface area contributed by atoms with Gasteiger partial charge in [-0.25, -0.2) is 0 Å². The number of aliphatic carboxylic acids is 1. The highest BCUT2D eigenvalue weighted by atomic mass is 16.4. The Morgan fingerprint density at radius 3 is 2.95 bits per heavy atom. The predicted octanol–water partition coefficient (Wildman–Crippen LogP) is 1.50. The Labute approximate surface area is 115 Å². The van der Waals surface area contributed by atoms with Crippen LogP contribution in [0.2, 0.25) is 0 Å². The van der Waals surface area contributed by atoms with Crippen LogP contribution in [-0.2, 0) is 4.79 Å². The standard InChI is InChI=1S/C14H15N3O3/c18-13(17-7-3-4-9(8-17)14(19)20)12-10-5-1-2-6-11(10)15-16-12/h1-2,5-6,9H,3-4,7-8H2,(H,15,16)(H,19,20). The molecule has 0 saturated carbocycles. The molecule has 0 aliphatic carbocycles. The molecule has 104 valence electrons. The highest BCUT2D eigenvalue weighted by molar-refractivity contribution is 6.04. The molecule has 2 aromatic rings. The molecule has 6 nitrogen and oxygen atoms in total. The molecule has 1 aromatic heterocycles. The van der Waals surface area contributed by atoms with Gasteiger partial charge in [0.05, 0.1) is 11.4 Å². The predicted molar refractivity (Wildman–Crippen MR) is 72.4 cm³/mol. The number of rotatable bonds is 2. The molecule has 1 saturated heterocycles. The molecule has 0 radical (unpaired) electrons. The number of fused-ring (bicyclic) bond motifs is 1. The molecular formula is C14H15N3O3. The van der Waals surface area contributed by atoms with Gasteiger partial charge in [-0.15, -0.1) is 0 Å². The summed E-state index contributed by atoms with van der Waals surface area (Å²) in [5.41, 5.74) is 1.18. The SMILES string of the molecule is O=C(O)C1CCCN(C(=O)c2n[nH]c3ccccc23)C1. The van der Waals surface area contributed by atoms with Gasteiger partial charge in [0.1, 0.15) is 0 Å². The van der Waals surface area contributed by atoms with Crippen molar-refractivity contribution in [1.29, 1.82) is 0 Å². The molecule has 0 spiro atoms. The maximum atomic E-state index is 12.5. The second-order valence-corrected chi connectivity index (χ2v) is 5.05. The first-order valence-electron chi connectivity index (χ1n) is 6.62. The number of carbonyl (C=O) groups excluding carboxylic acids is 1. The quantitative estimate of drug-likeness (QED) is 0.868. The Kier molecular flexibility index (Phi) is 3.14. The Morgan fingerprint density at radius 2 is 2.15 bits per heavy atom. The number of aromatic nitrogens is 2. The van der Waals surface area contributed by atoms with Crippen LogP contribution < -0.4 is 0 Å². The lowest BCUT2D eigenvalue weighted by Gasteiger charge is -2.30. The third kappa shape index (κ3) is 2.13. The first kappa shape index (κ1) is 12.7. The Balaban J connectivity index is 1.87. The fraction of sp³-hybridized carbons (Fsp3) is 0.357. The molecule has 0 bridgehead atoms. The van der Waals surface area contributed by atoms with E-state index in [-0.39, 0.29) is 12.5 Å². The normalized spacial score (nSPS) is 19.2. The number of likely N-dealkylation sites (tertiary alicyclic amines) is 1. The minimum atomic E-state index is -0.839. The maximum absolute atomic E-state index is 12.5. The number of hydrogen-bond donors (Lipinski definition) is 2. The number of H-pyrrole nitrogens is 1. The van der Waals surface area contributed by atoms with E-state index in [9.17, 15) is 9.59 Å². The monoisotopic (exact) mass is 273 g/mol. The van der Waals surface area contributed by atoms with Gasteiger partial charge < -0.3 is 10.0 Å². The number of hydrogen-bond acceptors (Lipinski definition) is 3. The van der Waals surface area contributed by atoms with Gasteiger partial charge in [-0.3, -0.25) is 14.7 Å². The van der Waals surface area contributed by atoms with Crippen molar-refractivity contribution < 1.29 is 14.7 Å². The summed E-state index contributed by atoms with van der Waals surface area (Å²) in [6.45, 7) is 0.846. The number of piperidine rings is 1. The van der Waals surface area contributed by atoms with E-state index in [1.54, 1.807) is 4.90 Å². The van der Waals surface area contributed by atoms with Gasteiger partial charge in [0, 0.05) is 18.5 Å². The van der Waals surface area contributed by atoms with Gasteiger partial charge >= 0.3 is 5.97 Å². The van der Waals surface area contributed by atoms with E-state index in [2.05, 4.69) is 10.2 Å². The van der Waals surface area contributed by atoms with Gasteiger partial charge in [0.2, 0.25) is 0 Å². The molecule has 1 aliphatic rings. The van der Waals surface area contributed by atoms with Crippen LogP contribution in [0.5, 0.6) is 0 Å². The fourth-order valence-electron chi connectivity index (χ4n) is 2.64. The van der Waals surface area contributed by atoms with Crippen molar-refractivity contribution in [3.05, 3.63) is 30.0 Å². The Hall–Kier alpha value is -2.37. The lowest BCUT2D eigenvalue weighted by molar-refractivity contribution is -0.143. The van der Waals surface area contributed by atoms with Crippen LogP contribution in [0.1, 0.15) is 23.3 Å². The zero-order valence-electron chi connectivity index (χ0n) is 10.9. The third-order valence-electron chi connectivity index (χ3n) is 3.73. The lowest BCUT2D eigenvalue weighted by Crippen LogP contribution is -2.42. The molecule has 1 atom stereocenters. The summed E-state index contributed by atoms with van der Waals surface area (Å²) in [6, 6.07) is 7.42. The largest absolute Gasteiger partial charge is 0.481 e. The van der Waals surface area contributed by atoms with E-state index >= 15 is 0 Å². The molecule has 2 N–H and O–H groups in total. The number of amides is 1. The summed E-state index contributed by atoms with van der Waals surface area (Å²) in [6.07, 6.45) is 1.34. The molecule has 1 aliphatic heterocycles. The third-order valence-corrected chi connectivity index (χ3v) is 3.73. The number of nitrogens with zero attached hydrogens (tertiary/aromatic N) is 2. The fourth-order valence-corrected chi connectivity index (χ4v) is 2.64. The van der Waals surface area contributed by atoms with Crippen LogP contribution in [0.15, 0.2) is 24.3 Å². The molecule has 2 heterocycles. The maximum Gasteiger partial charge on any atom is 0.308 e. The first-order valence-corrected chi connectivity index (χ1v) is 6.62. The zero-order valence-corrected chi connectivity index (χ0v) is 10.9. The number of carboxylic acid groups (broad SMARTS) is 1. The smallest absolute Gasteiger partial charge is 0.308 e. The average molecular weight is 273 g/mol. The van der Waals surface area contributed by atoms with Crippen LogP contribution in [0.4, 0.5) is 0 Å². The molecule has 3 rings (SSSR count). The van der Waals surface area contributed by atoms with E-state index in [0.717, 1.165) is 10.9 Å². The minimum Gasteiger partial charge on any atom is -0.481 e. The molecule has 1 unspecified atom stereocenters. The van der Waals surface area contributed by atoms with Crippen molar-refractivity contribution in [3.63, 3.8) is 0 Å². The van der Waals surface area contributed by atoms with Gasteiger partial charge in [-0.1, -0.05) is 18.2 Å². The van der Waals surface area contributed by atoms with E-state index in [4.69, 9.17) is 5.11 Å². The van der Waals surface area contributed by atoms with Crippen molar-refractivity contribution in [2.45, 2.75) is 12.8 Å². The molecule has 6 heteroatoms. The van der Waals surface area contributed by atoms with E-state index in [1.165, 1.54) is 0 Å². The topological polar surface area (TPSA) is 86.3 Å². The zero-order chi connectivity index (χ0) is 14.1. The first-order chi connectivity index (χ1) is 9.66. The van der Waals surface area contributed by atoms with Crippen molar-refractivity contribution in [3.8, 4) is 0 Å². The summed E-state index contributed by atoms with van der Waals surface area (Å²) in [7, 11) is 0. The number of nitrogens with one attached hydrogen (secondary N) is 1. The van der Waals surface area contributed by atoms with Crippen molar-refractivity contribution >= 4 is 22.8 Å². The second-order valence-electron chi connectivity index (χ2n) is 5.05. The highest BCUT2D eigenvalue weighted by Gasteiger charge is 2.30. The molecular weight excluding hydrogens is 258 g/mol. The molecule has 1 fully saturated rings. The van der Waals surface area contributed by atoms with Crippen LogP contribution >= 0.6 is 0 Å². The highest BCUT2D eigenvalue weighted by Crippen LogP contribution is 2.21. The summed E-state index contributed by atoms with van der Waals surface area (Å²) in [5.74, 6) is -1.51. The number of carboxylic acids is 1. The van der Waals surface area contributed by atoms with Crippen LogP contribution in [0.3, 0.4) is 0 Å². The summed E-state index contributed by atoms with van der Waals surface area (Å²) < 4.78 is 0. The van der Waals surface area contributed by atoms with E-state index < -0.39 is 11.9 Å². The molecule has 1 aromatic carbocycles. The summed E-state index contributed by atoms with van der Waals surface area (Å²) in [5, 5.41) is 16.8. The van der Waals surface area contributed by atoms with Gasteiger partial charge in [-0.05, 0) is 18.9 Å². The number of aromatic amines is 1. The van der Waals surface area contributed by atoms with Crippen molar-refractivity contribution in [2.24, 2.45) is 5.92 Å². The minimum absolute atomic E-state index is 0.201. The summed E-state index contributed by atoms with van der Waals surface area (Å²) >= 11 is 0. The van der Waals surface area contributed by atoms with Gasteiger partial charge in [-0.2, -0.15) is 5.10 Å².